The summed E-state index contributed by atoms with van der Waals surface area (Å²) in [5.41, 5.74) is -1.21. The summed E-state index contributed by atoms with van der Waals surface area (Å²) in [7, 11) is 1.26. The summed E-state index contributed by atoms with van der Waals surface area (Å²) >= 11 is 0. The summed E-state index contributed by atoms with van der Waals surface area (Å²) in [5.74, 6) is -5.92. The van der Waals surface area contributed by atoms with E-state index in [1.54, 1.807) is 0 Å². The molecule has 0 aliphatic carbocycles. The van der Waals surface area contributed by atoms with Gasteiger partial charge in [-0.25, -0.2) is 13.2 Å². The number of hydrogen-bond donors (Lipinski definition) is 1. The first kappa shape index (κ1) is 16.3. The van der Waals surface area contributed by atoms with Gasteiger partial charge in [-0.15, -0.1) is 0 Å². The molecular formula is C14H9F3N2O4. The van der Waals surface area contributed by atoms with E-state index in [1.165, 1.54) is 13.2 Å². The Morgan fingerprint density at radius 2 is 1.87 bits per heavy atom. The number of ether oxygens (including phenoxy) is 1. The van der Waals surface area contributed by atoms with Crippen molar-refractivity contribution in [1.82, 2.24) is 0 Å². The smallest absolute Gasteiger partial charge is 0.271 e. The molecule has 0 aliphatic rings. The van der Waals surface area contributed by atoms with Gasteiger partial charge in [-0.05, 0) is 18.2 Å². The molecule has 120 valence electrons. The molecule has 23 heavy (non-hydrogen) atoms. The lowest BCUT2D eigenvalue weighted by Gasteiger charge is -2.10. The number of non-ortho nitro benzene ring substituents is 1. The van der Waals surface area contributed by atoms with Crippen LogP contribution in [0.2, 0.25) is 0 Å². The summed E-state index contributed by atoms with van der Waals surface area (Å²) in [6.45, 7) is 0. The molecule has 0 atom stereocenters. The average molecular weight is 326 g/mol. The average Bonchev–Trinajstić information content (AvgIpc) is 2.52. The fraction of sp³-hybridized carbons (Fsp3) is 0.0714. The van der Waals surface area contributed by atoms with Crippen molar-refractivity contribution >= 4 is 17.3 Å². The second kappa shape index (κ2) is 6.34. The molecule has 0 bridgehead atoms. The van der Waals surface area contributed by atoms with E-state index in [2.05, 4.69) is 5.32 Å². The van der Waals surface area contributed by atoms with E-state index in [0.29, 0.717) is 6.07 Å². The number of nitro groups is 1. The van der Waals surface area contributed by atoms with Crippen molar-refractivity contribution in [3.63, 3.8) is 0 Å². The summed E-state index contributed by atoms with van der Waals surface area (Å²) in [6, 6.07) is 4.72. The molecule has 0 heterocycles. The topological polar surface area (TPSA) is 81.5 Å². The maximum atomic E-state index is 13.6. The fourth-order valence-corrected chi connectivity index (χ4v) is 1.80. The predicted molar refractivity (Wildman–Crippen MR) is 73.9 cm³/mol. The lowest BCUT2D eigenvalue weighted by Crippen LogP contribution is -2.16. The molecule has 0 aromatic heterocycles. The van der Waals surface area contributed by atoms with E-state index in [1.807, 2.05) is 0 Å². The van der Waals surface area contributed by atoms with Gasteiger partial charge in [0.15, 0.2) is 17.5 Å². The van der Waals surface area contributed by atoms with Crippen molar-refractivity contribution in [3.05, 3.63) is 63.5 Å². The highest BCUT2D eigenvalue weighted by molar-refractivity contribution is 6.05. The number of nitrogens with zero attached hydrogens (tertiary/aromatic N) is 1. The number of anilines is 1. The van der Waals surface area contributed by atoms with Crippen LogP contribution < -0.4 is 10.1 Å². The maximum Gasteiger partial charge on any atom is 0.271 e. The molecule has 9 heteroatoms. The molecule has 1 N–H and O–H groups in total. The Bertz CT molecular complexity index is 796. The minimum absolute atomic E-state index is 0.0759. The van der Waals surface area contributed by atoms with Gasteiger partial charge in [0.1, 0.15) is 5.75 Å². The summed E-state index contributed by atoms with van der Waals surface area (Å²) in [6.07, 6.45) is 0. The van der Waals surface area contributed by atoms with Crippen LogP contribution >= 0.6 is 0 Å². The number of nitrogens with one attached hydrogen (secondary N) is 1. The number of hydrogen-bond acceptors (Lipinski definition) is 4. The van der Waals surface area contributed by atoms with E-state index in [0.717, 1.165) is 18.2 Å². The molecule has 0 unspecified atom stereocenters. The molecular weight excluding hydrogens is 317 g/mol. The first-order valence-electron chi connectivity index (χ1n) is 6.12. The van der Waals surface area contributed by atoms with Crippen LogP contribution in [-0.2, 0) is 0 Å². The largest absolute Gasteiger partial charge is 0.495 e. The molecule has 0 aliphatic heterocycles. The molecule has 2 rings (SSSR count). The van der Waals surface area contributed by atoms with Gasteiger partial charge in [-0.1, -0.05) is 0 Å². The van der Waals surface area contributed by atoms with Crippen molar-refractivity contribution in [1.29, 1.82) is 0 Å². The van der Waals surface area contributed by atoms with E-state index in [-0.39, 0.29) is 17.1 Å². The summed E-state index contributed by atoms with van der Waals surface area (Å²) in [5, 5.41) is 12.9. The summed E-state index contributed by atoms with van der Waals surface area (Å²) < 4.78 is 44.5. The van der Waals surface area contributed by atoms with Crippen LogP contribution in [0.15, 0.2) is 30.3 Å². The van der Waals surface area contributed by atoms with Gasteiger partial charge in [0.25, 0.3) is 11.6 Å². The van der Waals surface area contributed by atoms with Crippen molar-refractivity contribution in [2.24, 2.45) is 0 Å². The van der Waals surface area contributed by atoms with E-state index >= 15 is 0 Å². The van der Waals surface area contributed by atoms with E-state index in [9.17, 15) is 28.1 Å². The minimum Gasteiger partial charge on any atom is -0.495 e. The number of nitro benzene ring substituents is 1. The van der Waals surface area contributed by atoms with Gasteiger partial charge in [0.2, 0.25) is 0 Å². The van der Waals surface area contributed by atoms with Crippen LogP contribution in [0.25, 0.3) is 0 Å². The molecule has 1 amide bonds. The van der Waals surface area contributed by atoms with Gasteiger partial charge in [-0.3, -0.25) is 14.9 Å². The SMILES string of the molecule is COc1ccc([N+](=O)[O-])cc1NC(=O)c1ccc(F)c(F)c1F. The number of benzene rings is 2. The van der Waals surface area contributed by atoms with Crippen molar-refractivity contribution in [2.45, 2.75) is 0 Å². The van der Waals surface area contributed by atoms with Crippen LogP contribution in [0.1, 0.15) is 10.4 Å². The zero-order chi connectivity index (χ0) is 17.1. The minimum atomic E-state index is -1.79. The molecule has 2 aromatic rings. The van der Waals surface area contributed by atoms with Crippen molar-refractivity contribution in [3.8, 4) is 5.75 Å². The van der Waals surface area contributed by atoms with Crippen molar-refractivity contribution in [2.75, 3.05) is 12.4 Å². The Labute approximate surface area is 127 Å². The third-order valence-corrected chi connectivity index (χ3v) is 2.92. The lowest BCUT2D eigenvalue weighted by atomic mass is 10.1. The Balaban J connectivity index is 2.39. The first-order chi connectivity index (χ1) is 10.8. The van der Waals surface area contributed by atoms with E-state index < -0.39 is 33.8 Å². The highest BCUT2D eigenvalue weighted by Gasteiger charge is 2.21. The number of rotatable bonds is 4. The Kier molecular flexibility index (Phi) is 4.49. The zero-order valence-corrected chi connectivity index (χ0v) is 11.6. The van der Waals surface area contributed by atoms with E-state index in [4.69, 9.17) is 4.74 Å². The normalized spacial score (nSPS) is 10.3. The number of carbonyl (C=O) groups is 1. The maximum absolute atomic E-state index is 13.6. The third-order valence-electron chi connectivity index (χ3n) is 2.92. The van der Waals surface area contributed by atoms with Gasteiger partial charge >= 0.3 is 0 Å². The van der Waals surface area contributed by atoms with Gasteiger partial charge in [-0.2, -0.15) is 0 Å². The monoisotopic (exact) mass is 326 g/mol. The molecule has 0 saturated heterocycles. The highest BCUT2D eigenvalue weighted by Crippen LogP contribution is 2.29. The predicted octanol–water partition coefficient (Wildman–Crippen LogP) is 3.27. The molecule has 0 fully saturated rings. The molecule has 2 aromatic carbocycles. The second-order valence-corrected chi connectivity index (χ2v) is 4.32. The lowest BCUT2D eigenvalue weighted by molar-refractivity contribution is -0.384. The van der Waals surface area contributed by atoms with Crippen LogP contribution in [0, 0.1) is 27.6 Å². The van der Waals surface area contributed by atoms with Crippen LogP contribution in [-0.4, -0.2) is 17.9 Å². The number of amides is 1. The quantitative estimate of drug-likeness (QED) is 0.531. The second-order valence-electron chi connectivity index (χ2n) is 4.32. The Morgan fingerprint density at radius 3 is 2.48 bits per heavy atom. The Morgan fingerprint density at radius 1 is 1.17 bits per heavy atom. The summed E-state index contributed by atoms with van der Waals surface area (Å²) in [4.78, 5) is 22.0. The zero-order valence-electron chi connectivity index (χ0n) is 11.6. The molecule has 0 spiro atoms. The number of methoxy groups -OCH3 is 1. The van der Waals surface area contributed by atoms with Crippen LogP contribution in [0.3, 0.4) is 0 Å². The van der Waals surface area contributed by atoms with Crippen LogP contribution in [0.5, 0.6) is 5.75 Å². The number of carbonyl (C=O) groups excluding carboxylic acids is 1. The first-order valence-corrected chi connectivity index (χ1v) is 6.12. The third kappa shape index (κ3) is 3.23. The van der Waals surface area contributed by atoms with Crippen molar-refractivity contribution < 1.29 is 27.6 Å². The van der Waals surface area contributed by atoms with Crippen LogP contribution in [0.4, 0.5) is 24.5 Å². The standard InChI is InChI=1S/C14H9F3N2O4/c1-23-11-5-2-7(19(21)22)6-10(11)18-14(20)8-3-4-9(15)13(17)12(8)16/h2-6H,1H3,(H,18,20). The number of halogens is 3. The van der Waals surface area contributed by atoms with Gasteiger partial charge < -0.3 is 10.1 Å². The fourth-order valence-electron chi connectivity index (χ4n) is 1.80. The molecule has 6 nitrogen and oxygen atoms in total. The molecule has 0 saturated carbocycles. The van der Waals surface area contributed by atoms with Gasteiger partial charge in [0.05, 0.1) is 23.3 Å². The Hall–Kier alpha value is -3.10. The van der Waals surface area contributed by atoms with Gasteiger partial charge in [0, 0.05) is 12.1 Å². The molecule has 0 radical (unpaired) electrons. The highest BCUT2D eigenvalue weighted by atomic mass is 19.2.